The van der Waals surface area contributed by atoms with E-state index in [0.29, 0.717) is 17.8 Å². The van der Waals surface area contributed by atoms with Crippen LogP contribution in [-0.4, -0.2) is 33.3 Å². The molecule has 2 N–H and O–H groups in total. The zero-order valence-corrected chi connectivity index (χ0v) is 19.7. The highest BCUT2D eigenvalue weighted by Crippen LogP contribution is 2.32. The molecule has 7 nitrogen and oxygen atoms in total. The van der Waals surface area contributed by atoms with E-state index in [9.17, 15) is 19.5 Å². The van der Waals surface area contributed by atoms with E-state index >= 15 is 0 Å². The molecular formula is C25H27N3O4S. The lowest BCUT2D eigenvalue weighted by Crippen LogP contribution is -2.39. The lowest BCUT2D eigenvalue weighted by atomic mass is 9.99. The monoisotopic (exact) mass is 465 g/mol. The smallest absolute Gasteiger partial charge is 0.331 e. The van der Waals surface area contributed by atoms with Gasteiger partial charge in [0.15, 0.2) is 0 Å². The Bertz CT molecular complexity index is 1460. The third-order valence-corrected chi connectivity index (χ3v) is 6.86. The predicted molar refractivity (Wildman–Crippen MR) is 132 cm³/mol. The second-order valence-electron chi connectivity index (χ2n) is 8.53. The number of hydrogen-bond acceptors (Lipinski definition) is 5. The fourth-order valence-electron chi connectivity index (χ4n) is 4.14. The number of fused-ring (bicyclic) bond motifs is 2. The minimum atomic E-state index is -0.482. The molecular weight excluding hydrogens is 438 g/mol. The van der Waals surface area contributed by atoms with E-state index in [4.69, 9.17) is 0 Å². The summed E-state index contributed by atoms with van der Waals surface area (Å²) in [6, 6.07) is 14.1. The Labute approximate surface area is 194 Å². The highest BCUT2D eigenvalue weighted by atomic mass is 32.1. The summed E-state index contributed by atoms with van der Waals surface area (Å²) < 4.78 is 2.67. The van der Waals surface area contributed by atoms with Gasteiger partial charge in [-0.25, -0.2) is 4.79 Å². The molecule has 0 spiro atoms. The van der Waals surface area contributed by atoms with Crippen molar-refractivity contribution in [3.63, 3.8) is 0 Å². The molecule has 0 aliphatic rings. The minimum Gasteiger partial charge on any atom is -0.395 e. The number of hydrogen-bond donors (Lipinski definition) is 2. The van der Waals surface area contributed by atoms with Crippen LogP contribution in [-0.2, 0) is 20.0 Å². The maximum Gasteiger partial charge on any atom is 0.331 e. The molecule has 0 fully saturated rings. The number of carbonyl (C=O) groups is 1. The number of nitrogens with zero attached hydrogens (tertiary/aromatic N) is 2. The number of amides is 1. The van der Waals surface area contributed by atoms with Gasteiger partial charge >= 0.3 is 5.69 Å². The minimum absolute atomic E-state index is 0.0792. The third-order valence-electron chi connectivity index (χ3n) is 5.65. The van der Waals surface area contributed by atoms with Crippen molar-refractivity contribution >= 4 is 38.2 Å². The molecule has 0 saturated carbocycles. The van der Waals surface area contributed by atoms with Gasteiger partial charge in [0.2, 0.25) is 0 Å². The number of aliphatic hydroxyl groups excluding tert-OH is 1. The van der Waals surface area contributed by atoms with Gasteiger partial charge in [0, 0.05) is 31.4 Å². The fourth-order valence-corrected chi connectivity index (χ4v) is 5.46. The summed E-state index contributed by atoms with van der Waals surface area (Å²) in [6.45, 7) is 4.32. The van der Waals surface area contributed by atoms with Crippen molar-refractivity contribution in [3.8, 4) is 0 Å². The summed E-state index contributed by atoms with van der Waals surface area (Å²) in [6.07, 6.45) is 0.446. The van der Waals surface area contributed by atoms with Gasteiger partial charge in [-0.15, -0.1) is 11.3 Å². The van der Waals surface area contributed by atoms with E-state index < -0.39 is 11.5 Å². The maximum atomic E-state index is 13.2. The number of thiophene rings is 1. The Morgan fingerprint density at radius 1 is 1.12 bits per heavy atom. The zero-order valence-electron chi connectivity index (χ0n) is 18.9. The Morgan fingerprint density at radius 2 is 1.85 bits per heavy atom. The highest BCUT2D eigenvalue weighted by molar-refractivity contribution is 7.19. The van der Waals surface area contributed by atoms with Crippen LogP contribution < -0.4 is 16.6 Å². The number of nitrogens with one attached hydrogen (secondary N) is 1. The maximum absolute atomic E-state index is 13.2. The topological polar surface area (TPSA) is 93.3 Å². The van der Waals surface area contributed by atoms with Gasteiger partial charge in [0.05, 0.1) is 17.6 Å². The third kappa shape index (κ3) is 4.24. The van der Waals surface area contributed by atoms with E-state index in [1.165, 1.54) is 18.4 Å². The van der Waals surface area contributed by atoms with Crippen molar-refractivity contribution in [1.82, 2.24) is 14.5 Å². The molecule has 33 heavy (non-hydrogen) atoms. The first-order chi connectivity index (χ1) is 15.8. The van der Waals surface area contributed by atoms with Gasteiger partial charge in [-0.05, 0) is 22.3 Å². The number of carbonyl (C=O) groups excluding carboxylic acids is 1. The SMILES string of the molecule is CC(C)Cn1c(=O)n(C)c(=O)c2c(C(=O)NCCO)c(Cc3cccc4ccccc34)sc21. The van der Waals surface area contributed by atoms with E-state index in [2.05, 4.69) is 5.32 Å². The number of benzene rings is 2. The van der Waals surface area contributed by atoms with Crippen molar-refractivity contribution in [2.75, 3.05) is 13.2 Å². The van der Waals surface area contributed by atoms with Gasteiger partial charge in [0.1, 0.15) is 4.83 Å². The fraction of sp³-hybridized carbons (Fsp3) is 0.320. The molecule has 4 aromatic rings. The van der Waals surface area contributed by atoms with Crippen molar-refractivity contribution in [2.45, 2.75) is 26.8 Å². The number of rotatable bonds is 7. The predicted octanol–water partition coefficient (Wildman–Crippen LogP) is 2.88. The Morgan fingerprint density at radius 3 is 2.58 bits per heavy atom. The molecule has 0 bridgehead atoms. The summed E-state index contributed by atoms with van der Waals surface area (Å²) in [4.78, 5) is 40.5. The Kier molecular flexibility index (Phi) is 6.49. The van der Waals surface area contributed by atoms with Gasteiger partial charge in [-0.2, -0.15) is 0 Å². The Hall–Kier alpha value is -3.23. The molecule has 0 aliphatic carbocycles. The lowest BCUT2D eigenvalue weighted by molar-refractivity contribution is 0.0946. The summed E-state index contributed by atoms with van der Waals surface area (Å²) in [7, 11) is 1.44. The normalized spacial score (nSPS) is 11.5. The first-order valence-corrected chi connectivity index (χ1v) is 11.8. The van der Waals surface area contributed by atoms with Crippen LogP contribution in [0.1, 0.15) is 34.6 Å². The molecule has 0 aliphatic heterocycles. The summed E-state index contributed by atoms with van der Waals surface area (Å²) in [5.41, 5.74) is 0.450. The molecule has 8 heteroatoms. The molecule has 0 radical (unpaired) electrons. The molecule has 2 aromatic carbocycles. The molecule has 0 saturated heterocycles. The van der Waals surface area contributed by atoms with Crippen LogP contribution in [0.4, 0.5) is 0 Å². The molecule has 2 heterocycles. The van der Waals surface area contributed by atoms with E-state index in [-0.39, 0.29) is 35.7 Å². The second-order valence-corrected chi connectivity index (χ2v) is 9.61. The van der Waals surface area contributed by atoms with Gasteiger partial charge in [-0.3, -0.25) is 18.7 Å². The second kappa shape index (κ2) is 9.33. The lowest BCUT2D eigenvalue weighted by Gasteiger charge is -2.12. The zero-order chi connectivity index (χ0) is 23.7. The van der Waals surface area contributed by atoms with Crippen LogP contribution in [0, 0.1) is 5.92 Å². The molecule has 0 unspecified atom stereocenters. The van der Waals surface area contributed by atoms with Gasteiger partial charge in [-0.1, -0.05) is 56.3 Å². The number of aromatic nitrogens is 2. The van der Waals surface area contributed by atoms with E-state index in [1.54, 1.807) is 4.57 Å². The summed E-state index contributed by atoms with van der Waals surface area (Å²) >= 11 is 1.32. The highest BCUT2D eigenvalue weighted by Gasteiger charge is 2.26. The largest absolute Gasteiger partial charge is 0.395 e. The molecule has 172 valence electrons. The van der Waals surface area contributed by atoms with Crippen LogP contribution in [0.25, 0.3) is 21.0 Å². The average molecular weight is 466 g/mol. The van der Waals surface area contributed by atoms with E-state index in [1.807, 2.05) is 56.3 Å². The molecule has 2 aromatic heterocycles. The van der Waals surface area contributed by atoms with Crippen LogP contribution in [0.5, 0.6) is 0 Å². The van der Waals surface area contributed by atoms with Crippen molar-refractivity contribution in [3.05, 3.63) is 79.3 Å². The molecule has 1 amide bonds. The Balaban J connectivity index is 2.00. The van der Waals surface area contributed by atoms with Crippen LogP contribution >= 0.6 is 11.3 Å². The first-order valence-electron chi connectivity index (χ1n) is 10.9. The quantitative estimate of drug-likeness (QED) is 0.439. The molecule has 4 rings (SSSR count). The van der Waals surface area contributed by atoms with Gasteiger partial charge in [0.25, 0.3) is 11.5 Å². The van der Waals surface area contributed by atoms with Crippen molar-refractivity contribution < 1.29 is 9.90 Å². The van der Waals surface area contributed by atoms with E-state index in [0.717, 1.165) is 25.8 Å². The average Bonchev–Trinajstić information content (AvgIpc) is 3.18. The van der Waals surface area contributed by atoms with Crippen LogP contribution in [0.15, 0.2) is 52.1 Å². The first kappa shape index (κ1) is 22.9. The van der Waals surface area contributed by atoms with Crippen molar-refractivity contribution in [2.24, 2.45) is 13.0 Å². The van der Waals surface area contributed by atoms with Crippen molar-refractivity contribution in [1.29, 1.82) is 0 Å². The van der Waals surface area contributed by atoms with Crippen LogP contribution in [0.3, 0.4) is 0 Å². The van der Waals surface area contributed by atoms with Crippen LogP contribution in [0.2, 0.25) is 0 Å². The van der Waals surface area contributed by atoms with Gasteiger partial charge < -0.3 is 10.4 Å². The summed E-state index contributed by atoms with van der Waals surface area (Å²) in [5.74, 6) is -0.240. The number of aliphatic hydroxyl groups is 1. The summed E-state index contributed by atoms with van der Waals surface area (Å²) in [5, 5.41) is 14.3. The molecule has 0 atom stereocenters. The standard InChI is InChI=1S/C25H27N3O4S/c1-15(2)14-28-24-21(23(31)27(3)25(28)32)20(22(30)26-11-12-29)19(33-24)13-17-9-6-8-16-7-4-5-10-18(16)17/h4-10,15,29H,11-14H2,1-3H3,(H,26,30).